The number of thiazole rings is 1. The van der Waals surface area contributed by atoms with Crippen LogP contribution in [0.2, 0.25) is 0 Å². The van der Waals surface area contributed by atoms with E-state index in [1.54, 1.807) is 16.0 Å². The molecule has 4 aromatic rings. The molecule has 1 unspecified atom stereocenters. The first-order chi connectivity index (χ1) is 16.5. The predicted molar refractivity (Wildman–Crippen MR) is 130 cm³/mol. The molecular weight excluding hydrogens is 454 g/mol. The van der Waals surface area contributed by atoms with Crippen LogP contribution in [0.15, 0.2) is 42.5 Å². The minimum Gasteiger partial charge on any atom is -0.491 e. The van der Waals surface area contributed by atoms with Gasteiger partial charge in [-0.2, -0.15) is 0 Å². The van der Waals surface area contributed by atoms with Gasteiger partial charge in [-0.05, 0) is 31.2 Å². The fraction of sp³-hybridized carbons (Fsp3) is 0.391. The summed E-state index contributed by atoms with van der Waals surface area (Å²) < 4.78 is 8.52. The molecule has 1 saturated heterocycles. The van der Waals surface area contributed by atoms with Gasteiger partial charge in [-0.3, -0.25) is 14.6 Å². The van der Waals surface area contributed by atoms with Gasteiger partial charge in [0.15, 0.2) is 6.17 Å². The summed E-state index contributed by atoms with van der Waals surface area (Å²) in [5, 5.41) is 19.9. The molecule has 1 aliphatic heterocycles. The van der Waals surface area contributed by atoms with Crippen LogP contribution in [-0.4, -0.2) is 86.2 Å². The Morgan fingerprint density at radius 2 is 1.97 bits per heavy atom. The molecule has 2 aromatic carbocycles. The van der Waals surface area contributed by atoms with Crippen LogP contribution < -0.4 is 10.5 Å². The largest absolute Gasteiger partial charge is 0.491 e. The van der Waals surface area contributed by atoms with E-state index in [1.165, 1.54) is 0 Å². The number of primary amides is 1. The lowest BCUT2D eigenvalue weighted by Gasteiger charge is -2.38. The number of aliphatic hydroxyl groups is 1. The molecule has 2 aromatic heterocycles. The Kier molecular flexibility index (Phi) is 6.42. The number of aliphatic hydroxyl groups excluding tert-OH is 1. The molecule has 11 heteroatoms. The van der Waals surface area contributed by atoms with Gasteiger partial charge in [-0.1, -0.05) is 17.3 Å². The summed E-state index contributed by atoms with van der Waals surface area (Å²) in [6, 6.07) is 13.3. The number of rotatable bonds is 8. The van der Waals surface area contributed by atoms with Crippen LogP contribution in [0.5, 0.6) is 5.75 Å². The number of nitrogens with two attached hydrogens (primary N) is 1. The van der Waals surface area contributed by atoms with Crippen molar-refractivity contribution in [3.8, 4) is 5.75 Å². The molecule has 0 aliphatic carbocycles. The minimum absolute atomic E-state index is 0.198. The fourth-order valence-corrected chi connectivity index (χ4v) is 5.18. The maximum Gasteiger partial charge on any atom is 0.257 e. The van der Waals surface area contributed by atoms with Crippen LogP contribution in [0.4, 0.5) is 0 Å². The highest BCUT2D eigenvalue weighted by Gasteiger charge is 2.31. The van der Waals surface area contributed by atoms with E-state index in [-0.39, 0.29) is 6.61 Å². The summed E-state index contributed by atoms with van der Waals surface area (Å²) in [7, 11) is 0. The van der Waals surface area contributed by atoms with Gasteiger partial charge in [0.05, 0.1) is 20.7 Å². The Hall–Kier alpha value is -3.12. The van der Waals surface area contributed by atoms with E-state index < -0.39 is 18.2 Å². The predicted octanol–water partition coefficient (Wildman–Crippen LogP) is 1.39. The number of β-amino-alcohol motifs (C(OH)–C–C–N with tert-alkyl or cyclic N) is 1. The molecule has 0 radical (unpaired) electrons. The Balaban J connectivity index is 1.15. The zero-order chi connectivity index (χ0) is 23.7. The van der Waals surface area contributed by atoms with Crippen molar-refractivity contribution in [1.29, 1.82) is 0 Å². The molecule has 34 heavy (non-hydrogen) atoms. The second-order valence-corrected chi connectivity index (χ2v) is 9.70. The average Bonchev–Trinajstić information content (AvgIpc) is 3.41. The topological polar surface area (TPSA) is 123 Å². The quantitative estimate of drug-likeness (QED) is 0.387. The number of nitrogens with zero attached hydrogens (tertiary/aromatic N) is 6. The molecule has 1 fully saturated rings. The Labute approximate surface area is 200 Å². The summed E-state index contributed by atoms with van der Waals surface area (Å²) >= 11 is 1.65. The van der Waals surface area contributed by atoms with E-state index in [4.69, 9.17) is 10.5 Å². The highest BCUT2D eigenvalue weighted by atomic mass is 32.1. The lowest BCUT2D eigenvalue weighted by Crippen LogP contribution is -2.53. The summed E-state index contributed by atoms with van der Waals surface area (Å²) in [4.78, 5) is 21.0. The summed E-state index contributed by atoms with van der Waals surface area (Å²) in [6.45, 7) is 5.29. The van der Waals surface area contributed by atoms with Crippen molar-refractivity contribution >= 4 is 38.5 Å². The number of carbonyl (C=O) groups excluding carboxylic acids is 1. The van der Waals surface area contributed by atoms with Gasteiger partial charge in [0.25, 0.3) is 5.91 Å². The first-order valence-electron chi connectivity index (χ1n) is 11.2. The molecule has 5 rings (SSSR count). The Morgan fingerprint density at radius 3 is 2.76 bits per heavy atom. The summed E-state index contributed by atoms with van der Waals surface area (Å²) in [6.07, 6.45) is -1.34. The third kappa shape index (κ3) is 4.73. The molecular formula is C23H27N7O3S. The number of amides is 1. The normalized spacial score (nSPS) is 17.2. The van der Waals surface area contributed by atoms with Crippen molar-refractivity contribution in [1.82, 2.24) is 29.8 Å². The number of hydrogen-bond donors (Lipinski definition) is 2. The second kappa shape index (κ2) is 9.63. The van der Waals surface area contributed by atoms with E-state index in [1.807, 2.05) is 54.3 Å². The van der Waals surface area contributed by atoms with Crippen molar-refractivity contribution in [2.75, 3.05) is 39.3 Å². The van der Waals surface area contributed by atoms with E-state index in [9.17, 15) is 9.90 Å². The highest BCUT2D eigenvalue weighted by Crippen LogP contribution is 2.26. The Bertz CT molecular complexity index is 1300. The monoisotopic (exact) mass is 481 g/mol. The van der Waals surface area contributed by atoms with E-state index in [0.29, 0.717) is 38.5 Å². The number of fused-ring (bicyclic) bond motifs is 2. The SMILES string of the molecule is Cc1nc2cc(OC[C@H](O)CN3CCN(C(C(N)=O)n4nnc5ccccc54)CC3)ccc2s1. The molecule has 3 heterocycles. The van der Waals surface area contributed by atoms with Crippen LogP contribution in [0.25, 0.3) is 21.3 Å². The number of para-hydroxylation sites is 1. The highest BCUT2D eigenvalue weighted by molar-refractivity contribution is 7.18. The standard InChI is InChI=1S/C23H27N7O3S/c1-15-25-19-12-17(6-7-21(19)34-15)33-14-16(31)13-28-8-10-29(11-9-28)23(22(24)32)30-20-5-3-2-4-18(20)26-27-30/h2-7,12,16,23,31H,8-11,13-14H2,1H3,(H2,24,32)/t16-,23?/m1/s1. The van der Waals surface area contributed by atoms with Crippen LogP contribution in [0, 0.1) is 6.92 Å². The van der Waals surface area contributed by atoms with Gasteiger partial charge < -0.3 is 15.6 Å². The van der Waals surface area contributed by atoms with Crippen LogP contribution in [-0.2, 0) is 4.79 Å². The number of piperazine rings is 1. The number of carbonyl (C=O) groups is 1. The third-order valence-electron chi connectivity index (χ3n) is 5.99. The van der Waals surface area contributed by atoms with Crippen LogP contribution in [0.3, 0.4) is 0 Å². The smallest absolute Gasteiger partial charge is 0.257 e. The zero-order valence-electron chi connectivity index (χ0n) is 18.9. The maximum absolute atomic E-state index is 12.3. The van der Waals surface area contributed by atoms with Crippen molar-refractivity contribution in [3.05, 3.63) is 47.5 Å². The number of hydrogen-bond acceptors (Lipinski definition) is 9. The molecule has 2 atom stereocenters. The number of ether oxygens (including phenoxy) is 1. The van der Waals surface area contributed by atoms with Gasteiger partial charge in [0.2, 0.25) is 0 Å². The van der Waals surface area contributed by atoms with E-state index >= 15 is 0 Å². The molecule has 0 spiro atoms. The molecule has 3 N–H and O–H groups in total. The van der Waals surface area contributed by atoms with Gasteiger partial charge in [0.1, 0.15) is 24.0 Å². The summed E-state index contributed by atoms with van der Waals surface area (Å²) in [5.74, 6) is 0.232. The minimum atomic E-state index is -0.702. The summed E-state index contributed by atoms with van der Waals surface area (Å²) in [5.41, 5.74) is 8.16. The molecule has 1 aliphatic rings. The van der Waals surface area contributed by atoms with E-state index in [2.05, 4.69) is 20.2 Å². The molecule has 178 valence electrons. The van der Waals surface area contributed by atoms with Gasteiger partial charge in [0, 0.05) is 38.8 Å². The Morgan fingerprint density at radius 1 is 1.18 bits per heavy atom. The van der Waals surface area contributed by atoms with Crippen molar-refractivity contribution in [2.24, 2.45) is 5.73 Å². The van der Waals surface area contributed by atoms with Crippen molar-refractivity contribution < 1.29 is 14.6 Å². The lowest BCUT2D eigenvalue weighted by molar-refractivity contribution is -0.128. The fourth-order valence-electron chi connectivity index (χ4n) is 4.37. The second-order valence-electron chi connectivity index (χ2n) is 8.46. The average molecular weight is 482 g/mol. The third-order valence-corrected chi connectivity index (χ3v) is 6.95. The number of aromatic nitrogens is 4. The van der Waals surface area contributed by atoms with E-state index in [0.717, 1.165) is 26.3 Å². The van der Waals surface area contributed by atoms with Gasteiger partial charge >= 0.3 is 0 Å². The zero-order valence-corrected chi connectivity index (χ0v) is 19.7. The van der Waals surface area contributed by atoms with Crippen molar-refractivity contribution in [2.45, 2.75) is 19.2 Å². The number of aryl methyl sites for hydroxylation is 1. The lowest BCUT2D eigenvalue weighted by atomic mass is 10.2. The van der Waals surface area contributed by atoms with Gasteiger partial charge in [-0.15, -0.1) is 16.4 Å². The number of benzene rings is 2. The first-order valence-corrected chi connectivity index (χ1v) is 12.0. The molecule has 10 nitrogen and oxygen atoms in total. The molecule has 1 amide bonds. The van der Waals surface area contributed by atoms with Gasteiger partial charge in [-0.25, -0.2) is 9.67 Å². The maximum atomic E-state index is 12.3. The first kappa shape index (κ1) is 22.7. The molecule has 0 saturated carbocycles. The van der Waals surface area contributed by atoms with Crippen molar-refractivity contribution in [3.63, 3.8) is 0 Å². The van der Waals surface area contributed by atoms with Crippen LogP contribution in [0.1, 0.15) is 11.2 Å². The van der Waals surface area contributed by atoms with Crippen LogP contribution >= 0.6 is 11.3 Å². The molecule has 0 bridgehead atoms.